The van der Waals surface area contributed by atoms with Crippen LogP contribution >= 0.6 is 11.3 Å². The number of thiophene rings is 1. The molecule has 0 saturated heterocycles. The highest BCUT2D eigenvalue weighted by molar-refractivity contribution is 7.26. The Morgan fingerprint density at radius 1 is 1.00 bits per heavy atom. The zero-order valence-corrected chi connectivity index (χ0v) is 19.5. The van der Waals surface area contributed by atoms with E-state index in [0.717, 1.165) is 33.4 Å². The molecule has 4 aromatic heterocycles. The topological polar surface area (TPSA) is 56.0 Å². The molecule has 2 aromatic carbocycles. The van der Waals surface area contributed by atoms with Gasteiger partial charge in [0.05, 0.1) is 5.52 Å². The molecule has 0 amide bonds. The van der Waals surface area contributed by atoms with Gasteiger partial charge in [0.25, 0.3) is 6.43 Å². The molecule has 0 spiro atoms. The zero-order chi connectivity index (χ0) is 23.7. The number of rotatable bonds is 4. The number of aryl methyl sites for hydroxylation is 1. The predicted molar refractivity (Wildman–Crippen MR) is 133 cm³/mol. The first-order valence-corrected chi connectivity index (χ1v) is 12.3. The summed E-state index contributed by atoms with van der Waals surface area (Å²) in [5, 5.41) is 5.50. The Hall–Kier alpha value is -3.78. The molecule has 0 bridgehead atoms. The number of benzene rings is 2. The quantitative estimate of drug-likeness (QED) is 0.269. The summed E-state index contributed by atoms with van der Waals surface area (Å²) < 4.78 is 29.9. The van der Waals surface area contributed by atoms with E-state index in [-0.39, 0.29) is 11.6 Å². The summed E-state index contributed by atoms with van der Waals surface area (Å²) in [6.07, 6.45) is 0.0214. The van der Waals surface area contributed by atoms with Crippen molar-refractivity contribution in [2.75, 3.05) is 0 Å². The van der Waals surface area contributed by atoms with Gasteiger partial charge in [-0.05, 0) is 42.0 Å². The Morgan fingerprint density at radius 2 is 1.80 bits per heavy atom. The SMILES string of the molecule is Cc1ccc([C@@H]2C[C@@H]2c2nc3c4sc5nc(C(F)F)cc(-c6ccccc6)c5c4ncn3n2)cc1. The number of alkyl halides is 2. The molecule has 0 N–H and O–H groups in total. The second kappa shape index (κ2) is 7.61. The molecule has 7 rings (SSSR count). The highest BCUT2D eigenvalue weighted by Gasteiger charge is 2.42. The number of nitrogens with zero attached hydrogens (tertiary/aromatic N) is 5. The maximum Gasteiger partial charge on any atom is 0.280 e. The first-order chi connectivity index (χ1) is 17.1. The molecule has 2 atom stereocenters. The first-order valence-electron chi connectivity index (χ1n) is 11.5. The van der Waals surface area contributed by atoms with Gasteiger partial charge in [0, 0.05) is 11.3 Å². The summed E-state index contributed by atoms with van der Waals surface area (Å²) in [5.41, 5.74) is 5.28. The average Bonchev–Trinajstić information content (AvgIpc) is 3.39. The van der Waals surface area contributed by atoms with Crippen molar-refractivity contribution in [3.8, 4) is 11.1 Å². The second-order valence-electron chi connectivity index (χ2n) is 9.06. The number of halogens is 2. The van der Waals surface area contributed by atoms with Crippen LogP contribution in [0.1, 0.15) is 47.3 Å². The van der Waals surface area contributed by atoms with Gasteiger partial charge < -0.3 is 0 Å². The molecule has 0 aliphatic heterocycles. The summed E-state index contributed by atoms with van der Waals surface area (Å²) in [5.74, 6) is 1.48. The third-order valence-electron chi connectivity index (χ3n) is 6.74. The molecule has 1 fully saturated rings. The van der Waals surface area contributed by atoms with Gasteiger partial charge in [-0.25, -0.2) is 28.2 Å². The molecule has 6 aromatic rings. The molecule has 1 saturated carbocycles. The van der Waals surface area contributed by atoms with Crippen LogP contribution in [0.5, 0.6) is 0 Å². The molecule has 5 nitrogen and oxygen atoms in total. The lowest BCUT2D eigenvalue weighted by Crippen LogP contribution is -1.93. The zero-order valence-electron chi connectivity index (χ0n) is 18.7. The Balaban J connectivity index is 1.39. The average molecular weight is 484 g/mol. The van der Waals surface area contributed by atoms with Crippen LogP contribution in [0.15, 0.2) is 67.0 Å². The van der Waals surface area contributed by atoms with Crippen LogP contribution in [0.4, 0.5) is 8.78 Å². The van der Waals surface area contributed by atoms with Crippen LogP contribution in [0.25, 0.3) is 37.2 Å². The molecule has 35 heavy (non-hydrogen) atoms. The molecule has 172 valence electrons. The van der Waals surface area contributed by atoms with Crippen LogP contribution in [0.2, 0.25) is 0 Å². The minimum atomic E-state index is -2.66. The van der Waals surface area contributed by atoms with E-state index in [1.807, 2.05) is 30.3 Å². The normalized spacial score (nSPS) is 17.7. The van der Waals surface area contributed by atoms with Crippen LogP contribution in [0.3, 0.4) is 0 Å². The van der Waals surface area contributed by atoms with Gasteiger partial charge in [-0.2, -0.15) is 0 Å². The molecule has 8 heteroatoms. The van der Waals surface area contributed by atoms with Crippen molar-refractivity contribution in [2.45, 2.75) is 31.6 Å². The maximum absolute atomic E-state index is 13.7. The summed E-state index contributed by atoms with van der Waals surface area (Å²) in [6.45, 7) is 2.09. The van der Waals surface area contributed by atoms with Gasteiger partial charge >= 0.3 is 0 Å². The van der Waals surface area contributed by atoms with Gasteiger partial charge in [0.2, 0.25) is 0 Å². The van der Waals surface area contributed by atoms with E-state index in [2.05, 4.69) is 41.2 Å². The van der Waals surface area contributed by atoms with E-state index < -0.39 is 6.43 Å². The fourth-order valence-electron chi connectivity index (χ4n) is 4.84. The van der Waals surface area contributed by atoms with Gasteiger partial charge in [0.15, 0.2) is 11.5 Å². The molecular weight excluding hydrogens is 464 g/mol. The van der Waals surface area contributed by atoms with Gasteiger partial charge in [0.1, 0.15) is 21.6 Å². The summed E-state index contributed by atoms with van der Waals surface area (Å²) in [7, 11) is 0. The van der Waals surface area contributed by atoms with Crippen LogP contribution < -0.4 is 0 Å². The van der Waals surface area contributed by atoms with Crippen LogP contribution in [-0.2, 0) is 0 Å². The summed E-state index contributed by atoms with van der Waals surface area (Å²) in [6, 6.07) is 19.6. The molecule has 1 aliphatic carbocycles. The standard InChI is InChI=1S/C27H19F2N5S/c1-14-7-9-16(10-8-14)17-11-19(17)25-32-26-23-22(30-13-34(26)33-25)21-18(15-5-3-2-4-6-15)12-20(24(28)29)31-27(21)35-23/h2-10,12-13,17,19,24H,11H2,1H3/t17-,19-/m0/s1. The number of fused-ring (bicyclic) bond motifs is 5. The van der Waals surface area contributed by atoms with Crippen molar-refractivity contribution in [3.63, 3.8) is 0 Å². The number of hydrogen-bond acceptors (Lipinski definition) is 5. The van der Waals surface area contributed by atoms with Crippen molar-refractivity contribution in [1.82, 2.24) is 24.6 Å². The lowest BCUT2D eigenvalue weighted by atomic mass is 10.0. The minimum absolute atomic E-state index is 0.236. The third kappa shape index (κ3) is 3.31. The van der Waals surface area contributed by atoms with Crippen LogP contribution in [0, 0.1) is 6.92 Å². The molecule has 0 radical (unpaired) electrons. The lowest BCUT2D eigenvalue weighted by Gasteiger charge is -2.07. The second-order valence-corrected chi connectivity index (χ2v) is 10.1. The van der Waals surface area contributed by atoms with Crippen molar-refractivity contribution in [2.24, 2.45) is 0 Å². The van der Waals surface area contributed by atoms with E-state index in [9.17, 15) is 8.78 Å². The van der Waals surface area contributed by atoms with Crippen molar-refractivity contribution in [3.05, 3.63) is 89.6 Å². The van der Waals surface area contributed by atoms with Gasteiger partial charge in [-0.15, -0.1) is 16.4 Å². The van der Waals surface area contributed by atoms with E-state index in [1.165, 1.54) is 28.5 Å². The molecular formula is C27H19F2N5S. The molecule has 0 unspecified atom stereocenters. The van der Waals surface area contributed by atoms with Crippen molar-refractivity contribution in [1.29, 1.82) is 0 Å². The molecule has 1 aliphatic rings. The van der Waals surface area contributed by atoms with Crippen molar-refractivity contribution >= 4 is 37.4 Å². The van der Waals surface area contributed by atoms with Gasteiger partial charge in [-0.3, -0.25) is 0 Å². The van der Waals surface area contributed by atoms with E-state index in [0.29, 0.717) is 22.0 Å². The van der Waals surface area contributed by atoms with E-state index in [1.54, 1.807) is 10.8 Å². The third-order valence-corrected chi connectivity index (χ3v) is 7.81. The highest BCUT2D eigenvalue weighted by Crippen LogP contribution is 2.54. The van der Waals surface area contributed by atoms with E-state index >= 15 is 0 Å². The minimum Gasteiger partial charge on any atom is -0.236 e. The molecule has 4 heterocycles. The maximum atomic E-state index is 13.7. The number of pyridine rings is 1. The Labute approximate surface area is 203 Å². The fraction of sp³-hybridized carbons (Fsp3) is 0.185. The summed E-state index contributed by atoms with van der Waals surface area (Å²) >= 11 is 1.35. The van der Waals surface area contributed by atoms with Crippen molar-refractivity contribution < 1.29 is 8.78 Å². The number of aromatic nitrogens is 5. The predicted octanol–water partition coefficient (Wildman–Crippen LogP) is 7.07. The monoisotopic (exact) mass is 483 g/mol. The van der Waals surface area contributed by atoms with Gasteiger partial charge in [-0.1, -0.05) is 60.2 Å². The Kier molecular flexibility index (Phi) is 4.48. The lowest BCUT2D eigenvalue weighted by molar-refractivity contribution is 0.146. The Bertz CT molecular complexity index is 1720. The van der Waals surface area contributed by atoms with Crippen LogP contribution in [-0.4, -0.2) is 24.6 Å². The Morgan fingerprint density at radius 3 is 2.57 bits per heavy atom. The first kappa shape index (κ1) is 20.6. The number of hydrogen-bond donors (Lipinski definition) is 0. The fourth-order valence-corrected chi connectivity index (χ4v) is 5.98. The van der Waals surface area contributed by atoms with E-state index in [4.69, 9.17) is 10.1 Å². The highest BCUT2D eigenvalue weighted by atomic mass is 32.1. The smallest absolute Gasteiger partial charge is 0.236 e. The largest absolute Gasteiger partial charge is 0.280 e. The summed E-state index contributed by atoms with van der Waals surface area (Å²) in [4.78, 5) is 14.4.